The fourth-order valence-corrected chi connectivity index (χ4v) is 2.99. The van der Waals surface area contributed by atoms with E-state index in [9.17, 15) is 9.00 Å². The van der Waals surface area contributed by atoms with Gasteiger partial charge in [0, 0.05) is 54.0 Å². The normalized spacial score (nSPS) is 11.9. The maximum atomic E-state index is 12.0. The SMILES string of the molecule is Cc1c(CS(C)=O)cccc1NC(=O)NCCCn1cccn1. The van der Waals surface area contributed by atoms with Crippen molar-refractivity contribution in [2.45, 2.75) is 25.6 Å². The van der Waals surface area contributed by atoms with Gasteiger partial charge in [-0.25, -0.2) is 4.79 Å². The van der Waals surface area contributed by atoms with E-state index < -0.39 is 10.8 Å². The first-order valence-corrected chi connectivity index (χ1v) is 9.20. The zero-order chi connectivity index (χ0) is 16.7. The van der Waals surface area contributed by atoms with Crippen LogP contribution in [0, 0.1) is 6.92 Å². The van der Waals surface area contributed by atoms with Crippen LogP contribution in [0.1, 0.15) is 17.5 Å². The van der Waals surface area contributed by atoms with Gasteiger partial charge in [-0.3, -0.25) is 8.89 Å². The molecule has 1 heterocycles. The number of nitrogens with one attached hydrogen (secondary N) is 2. The summed E-state index contributed by atoms with van der Waals surface area (Å²) in [6.07, 6.45) is 6.11. The average Bonchev–Trinajstić information content (AvgIpc) is 3.01. The Kier molecular flexibility index (Phi) is 6.34. The van der Waals surface area contributed by atoms with Crippen molar-refractivity contribution >= 4 is 22.5 Å². The monoisotopic (exact) mass is 334 g/mol. The zero-order valence-corrected chi connectivity index (χ0v) is 14.2. The summed E-state index contributed by atoms with van der Waals surface area (Å²) in [5, 5.41) is 9.78. The van der Waals surface area contributed by atoms with Crippen molar-refractivity contribution in [1.82, 2.24) is 15.1 Å². The number of nitrogens with zero attached hydrogens (tertiary/aromatic N) is 2. The second-order valence-corrected chi connectivity index (χ2v) is 6.75. The van der Waals surface area contributed by atoms with Crippen molar-refractivity contribution < 1.29 is 9.00 Å². The minimum atomic E-state index is -0.905. The third-order valence-corrected chi connectivity index (χ3v) is 4.18. The molecule has 0 radical (unpaired) electrons. The highest BCUT2D eigenvalue weighted by molar-refractivity contribution is 7.83. The molecule has 0 saturated carbocycles. The lowest BCUT2D eigenvalue weighted by Crippen LogP contribution is -2.30. The minimum Gasteiger partial charge on any atom is -0.338 e. The Bertz CT molecular complexity index is 671. The summed E-state index contributed by atoms with van der Waals surface area (Å²) >= 11 is 0. The third-order valence-electron chi connectivity index (χ3n) is 3.46. The highest BCUT2D eigenvalue weighted by Gasteiger charge is 2.08. The number of carbonyl (C=O) groups excluding carboxylic acids is 1. The smallest absolute Gasteiger partial charge is 0.319 e. The van der Waals surface area contributed by atoms with Gasteiger partial charge in [-0.05, 0) is 36.6 Å². The molecule has 2 N–H and O–H groups in total. The number of hydrogen-bond acceptors (Lipinski definition) is 3. The van der Waals surface area contributed by atoms with Crippen molar-refractivity contribution in [3.8, 4) is 0 Å². The lowest BCUT2D eigenvalue weighted by atomic mass is 10.1. The van der Waals surface area contributed by atoms with Crippen molar-refractivity contribution in [1.29, 1.82) is 0 Å². The number of carbonyl (C=O) groups is 1. The predicted octanol–water partition coefficient (Wildman–Crippen LogP) is 2.28. The van der Waals surface area contributed by atoms with E-state index in [4.69, 9.17) is 0 Å². The number of rotatable bonds is 7. The molecule has 0 aliphatic rings. The van der Waals surface area contributed by atoms with Gasteiger partial charge in [-0.2, -0.15) is 5.10 Å². The number of aryl methyl sites for hydroxylation is 1. The van der Waals surface area contributed by atoms with Gasteiger partial charge in [0.05, 0.1) is 0 Å². The van der Waals surface area contributed by atoms with Crippen LogP contribution in [-0.4, -0.2) is 32.8 Å². The summed E-state index contributed by atoms with van der Waals surface area (Å²) in [6.45, 7) is 3.27. The molecule has 23 heavy (non-hydrogen) atoms. The predicted molar refractivity (Wildman–Crippen MR) is 92.8 cm³/mol. The fourth-order valence-electron chi connectivity index (χ4n) is 2.24. The van der Waals surface area contributed by atoms with Crippen LogP contribution in [0.2, 0.25) is 0 Å². The van der Waals surface area contributed by atoms with E-state index in [0.717, 1.165) is 29.8 Å². The molecule has 124 valence electrons. The van der Waals surface area contributed by atoms with E-state index in [2.05, 4.69) is 15.7 Å². The zero-order valence-electron chi connectivity index (χ0n) is 13.4. The topological polar surface area (TPSA) is 76.0 Å². The molecule has 0 bridgehead atoms. The first kappa shape index (κ1) is 17.2. The molecule has 1 unspecified atom stereocenters. The van der Waals surface area contributed by atoms with Crippen LogP contribution < -0.4 is 10.6 Å². The first-order chi connectivity index (χ1) is 11.1. The van der Waals surface area contributed by atoms with Crippen LogP contribution in [0.3, 0.4) is 0 Å². The molecule has 7 heteroatoms. The summed E-state index contributed by atoms with van der Waals surface area (Å²) in [5.74, 6) is 0.493. The van der Waals surface area contributed by atoms with Gasteiger partial charge in [0.25, 0.3) is 0 Å². The Morgan fingerprint density at radius 1 is 1.35 bits per heavy atom. The second kappa shape index (κ2) is 8.47. The molecule has 0 fully saturated rings. The number of hydrogen-bond donors (Lipinski definition) is 2. The van der Waals surface area contributed by atoms with Crippen LogP contribution in [0.15, 0.2) is 36.7 Å². The molecule has 0 spiro atoms. The Balaban J connectivity index is 1.81. The molecule has 2 rings (SSSR count). The van der Waals surface area contributed by atoms with Gasteiger partial charge in [-0.15, -0.1) is 0 Å². The van der Waals surface area contributed by atoms with Crippen molar-refractivity contribution in [2.24, 2.45) is 0 Å². The van der Waals surface area contributed by atoms with Gasteiger partial charge in [-0.1, -0.05) is 12.1 Å². The summed E-state index contributed by atoms with van der Waals surface area (Å²) in [5.41, 5.74) is 2.69. The number of anilines is 1. The molecule has 1 aromatic heterocycles. The lowest BCUT2D eigenvalue weighted by Gasteiger charge is -2.12. The van der Waals surface area contributed by atoms with Gasteiger partial charge >= 0.3 is 6.03 Å². The molecular weight excluding hydrogens is 312 g/mol. The van der Waals surface area contributed by atoms with Crippen LogP contribution in [-0.2, 0) is 23.1 Å². The Morgan fingerprint density at radius 2 is 2.17 bits per heavy atom. The number of urea groups is 1. The van der Waals surface area contributed by atoms with Crippen LogP contribution in [0.5, 0.6) is 0 Å². The summed E-state index contributed by atoms with van der Waals surface area (Å²) in [4.78, 5) is 12.0. The van der Waals surface area contributed by atoms with E-state index in [1.165, 1.54) is 0 Å². The molecule has 0 aliphatic heterocycles. The van der Waals surface area contributed by atoms with E-state index in [0.29, 0.717) is 12.3 Å². The molecule has 0 saturated heterocycles. The van der Waals surface area contributed by atoms with Crippen LogP contribution >= 0.6 is 0 Å². The highest BCUT2D eigenvalue weighted by atomic mass is 32.2. The van der Waals surface area contributed by atoms with Gasteiger partial charge in [0.15, 0.2) is 0 Å². The lowest BCUT2D eigenvalue weighted by molar-refractivity contribution is 0.251. The Labute approximate surface area is 138 Å². The van der Waals surface area contributed by atoms with Crippen molar-refractivity contribution in [3.05, 3.63) is 47.8 Å². The van der Waals surface area contributed by atoms with Crippen molar-refractivity contribution in [2.75, 3.05) is 18.1 Å². The van der Waals surface area contributed by atoms with E-state index in [-0.39, 0.29) is 6.03 Å². The van der Waals surface area contributed by atoms with E-state index in [1.807, 2.05) is 42.1 Å². The standard InChI is InChI=1S/C16H22N4O2S/c1-13-14(12-23(2)22)6-3-7-15(13)19-16(21)17-8-4-10-20-11-5-9-18-20/h3,5-7,9,11H,4,8,10,12H2,1-2H3,(H2,17,19,21). The fraction of sp³-hybridized carbons (Fsp3) is 0.375. The number of benzene rings is 1. The average molecular weight is 334 g/mol. The molecule has 6 nitrogen and oxygen atoms in total. The molecule has 2 aromatic rings. The molecular formula is C16H22N4O2S. The summed E-state index contributed by atoms with van der Waals surface area (Å²) in [7, 11) is -0.905. The van der Waals surface area contributed by atoms with Gasteiger partial charge in [0.1, 0.15) is 0 Å². The number of amides is 2. The van der Waals surface area contributed by atoms with Gasteiger partial charge < -0.3 is 10.6 Å². The minimum absolute atomic E-state index is 0.233. The van der Waals surface area contributed by atoms with E-state index in [1.54, 1.807) is 12.5 Å². The molecule has 0 aliphatic carbocycles. The molecule has 1 atom stereocenters. The molecule has 2 amide bonds. The third kappa shape index (κ3) is 5.52. The summed E-state index contributed by atoms with van der Waals surface area (Å²) in [6, 6.07) is 7.29. The highest BCUT2D eigenvalue weighted by Crippen LogP contribution is 2.19. The van der Waals surface area contributed by atoms with Gasteiger partial charge in [0.2, 0.25) is 0 Å². The van der Waals surface area contributed by atoms with Crippen molar-refractivity contribution in [3.63, 3.8) is 0 Å². The largest absolute Gasteiger partial charge is 0.338 e. The first-order valence-electron chi connectivity index (χ1n) is 7.47. The van der Waals surface area contributed by atoms with Crippen LogP contribution in [0.25, 0.3) is 0 Å². The van der Waals surface area contributed by atoms with Crippen LogP contribution in [0.4, 0.5) is 10.5 Å². The Hall–Kier alpha value is -2.15. The Morgan fingerprint density at radius 3 is 2.87 bits per heavy atom. The maximum Gasteiger partial charge on any atom is 0.319 e. The number of aromatic nitrogens is 2. The quantitative estimate of drug-likeness (QED) is 0.763. The van der Waals surface area contributed by atoms with E-state index >= 15 is 0 Å². The maximum absolute atomic E-state index is 12.0. The summed E-state index contributed by atoms with van der Waals surface area (Å²) < 4.78 is 13.2. The second-order valence-electron chi connectivity index (χ2n) is 5.31. The molecule has 1 aromatic carbocycles.